The van der Waals surface area contributed by atoms with Crippen LogP contribution in [-0.2, 0) is 13.1 Å². The highest BCUT2D eigenvalue weighted by atomic mass is 79.9. The third-order valence-corrected chi connectivity index (χ3v) is 5.16. The molecule has 1 amide bonds. The lowest BCUT2D eigenvalue weighted by Gasteiger charge is -2.04. The lowest BCUT2D eigenvalue weighted by Crippen LogP contribution is -2.23. The monoisotopic (exact) mass is 423 g/mol. The number of hydrogen-bond donors (Lipinski definition) is 1. The average molecular weight is 425 g/mol. The van der Waals surface area contributed by atoms with Crippen molar-refractivity contribution in [2.45, 2.75) is 26.9 Å². The van der Waals surface area contributed by atoms with Crippen LogP contribution in [0.3, 0.4) is 0 Å². The number of rotatable bonds is 5. The van der Waals surface area contributed by atoms with Crippen molar-refractivity contribution in [1.29, 1.82) is 0 Å². The summed E-state index contributed by atoms with van der Waals surface area (Å²) >= 11 is 9.53. The number of carbonyl (C=O) groups excluding carboxylic acids is 1. The van der Waals surface area contributed by atoms with Crippen LogP contribution in [0.2, 0.25) is 5.02 Å². The van der Waals surface area contributed by atoms with Gasteiger partial charge in [-0.15, -0.1) is 0 Å². The van der Waals surface area contributed by atoms with Crippen LogP contribution in [-0.4, -0.2) is 25.8 Å². The number of halogens is 2. The van der Waals surface area contributed by atoms with Crippen LogP contribution in [0.4, 0.5) is 0 Å². The van der Waals surface area contributed by atoms with E-state index in [4.69, 9.17) is 16.1 Å². The molecule has 9 heteroatoms. The molecular formula is C16H15BrClN5O2. The number of nitrogens with one attached hydrogen (secondary N) is 1. The summed E-state index contributed by atoms with van der Waals surface area (Å²) in [4.78, 5) is 16.3. The van der Waals surface area contributed by atoms with Crippen molar-refractivity contribution < 1.29 is 9.32 Å². The highest BCUT2D eigenvalue weighted by Gasteiger charge is 2.17. The van der Waals surface area contributed by atoms with Gasteiger partial charge in [0.25, 0.3) is 0 Å². The van der Waals surface area contributed by atoms with Gasteiger partial charge in [0.2, 0.25) is 0 Å². The Kier molecular flexibility index (Phi) is 5.19. The number of hydrogen-bond acceptors (Lipinski definition) is 5. The number of benzene rings is 1. The molecule has 0 saturated heterocycles. The second-order valence-electron chi connectivity index (χ2n) is 5.43. The molecule has 0 aliphatic carbocycles. The van der Waals surface area contributed by atoms with Crippen molar-refractivity contribution in [3.8, 4) is 0 Å². The van der Waals surface area contributed by atoms with Crippen molar-refractivity contribution >= 4 is 33.4 Å². The van der Waals surface area contributed by atoms with Crippen molar-refractivity contribution in [3.63, 3.8) is 0 Å². The number of amides is 1. The van der Waals surface area contributed by atoms with Gasteiger partial charge >= 0.3 is 11.8 Å². The fraction of sp³-hybridized carbons (Fsp3) is 0.250. The van der Waals surface area contributed by atoms with Gasteiger partial charge in [-0.2, -0.15) is 10.1 Å². The average Bonchev–Trinajstić information content (AvgIpc) is 3.15. The van der Waals surface area contributed by atoms with Gasteiger partial charge in [0.15, 0.2) is 5.82 Å². The van der Waals surface area contributed by atoms with Crippen molar-refractivity contribution in [2.75, 3.05) is 0 Å². The van der Waals surface area contributed by atoms with Crippen molar-refractivity contribution in [1.82, 2.24) is 25.2 Å². The van der Waals surface area contributed by atoms with Crippen LogP contribution >= 0.6 is 27.5 Å². The molecule has 0 aliphatic heterocycles. The minimum atomic E-state index is -0.451. The van der Waals surface area contributed by atoms with Crippen molar-refractivity contribution in [2.24, 2.45) is 0 Å². The summed E-state index contributed by atoms with van der Waals surface area (Å²) in [5.74, 6) is -0.170. The standard InChI is InChI=1S/C16H15BrClN5O2/c1-9-14(17)10(2)23(21-9)8-13-20-16(25-22-13)15(24)19-7-11-5-3-4-6-12(11)18/h3-6H,7-8H2,1-2H3,(H,19,24). The second kappa shape index (κ2) is 7.37. The van der Waals surface area contributed by atoms with Crippen LogP contribution in [0.15, 0.2) is 33.3 Å². The van der Waals surface area contributed by atoms with Gasteiger partial charge in [-0.25, -0.2) is 0 Å². The molecule has 130 valence electrons. The van der Waals surface area contributed by atoms with E-state index in [1.54, 1.807) is 10.7 Å². The quantitative estimate of drug-likeness (QED) is 0.679. The fourth-order valence-electron chi connectivity index (χ4n) is 2.27. The van der Waals surface area contributed by atoms with Crippen LogP contribution < -0.4 is 5.32 Å². The molecule has 2 aromatic heterocycles. The second-order valence-corrected chi connectivity index (χ2v) is 6.63. The van der Waals surface area contributed by atoms with E-state index < -0.39 is 5.91 Å². The van der Waals surface area contributed by atoms with E-state index in [9.17, 15) is 4.79 Å². The molecule has 0 aliphatic rings. The Morgan fingerprint density at radius 1 is 1.36 bits per heavy atom. The Bertz CT molecular complexity index is 921. The maximum atomic E-state index is 12.1. The Labute approximate surface area is 157 Å². The van der Waals surface area contributed by atoms with Gasteiger partial charge in [0, 0.05) is 11.6 Å². The van der Waals surface area contributed by atoms with Crippen LogP contribution in [0.25, 0.3) is 0 Å². The molecule has 0 saturated carbocycles. The largest absolute Gasteiger partial charge is 0.344 e. The predicted octanol–water partition coefficient (Wildman–Crippen LogP) is 3.28. The lowest BCUT2D eigenvalue weighted by molar-refractivity contribution is 0.0907. The van der Waals surface area contributed by atoms with Crippen LogP contribution in [0, 0.1) is 13.8 Å². The van der Waals surface area contributed by atoms with Gasteiger partial charge in [0.1, 0.15) is 6.54 Å². The normalized spacial score (nSPS) is 10.9. The summed E-state index contributed by atoms with van der Waals surface area (Å²) < 4.78 is 7.72. The maximum absolute atomic E-state index is 12.1. The lowest BCUT2D eigenvalue weighted by atomic mass is 10.2. The molecule has 1 N–H and O–H groups in total. The Hall–Kier alpha value is -2.19. The molecule has 0 spiro atoms. The zero-order chi connectivity index (χ0) is 18.0. The van der Waals surface area contributed by atoms with Crippen LogP contribution in [0.5, 0.6) is 0 Å². The number of nitrogens with zero attached hydrogens (tertiary/aromatic N) is 4. The SMILES string of the molecule is Cc1nn(Cc2noc(C(=O)NCc3ccccc3Cl)n2)c(C)c1Br. The first-order chi connectivity index (χ1) is 12.0. The highest BCUT2D eigenvalue weighted by Crippen LogP contribution is 2.20. The minimum absolute atomic E-state index is 0.0948. The molecule has 7 nitrogen and oxygen atoms in total. The number of aromatic nitrogens is 4. The molecular weight excluding hydrogens is 410 g/mol. The zero-order valence-electron chi connectivity index (χ0n) is 13.6. The summed E-state index contributed by atoms with van der Waals surface area (Å²) in [6, 6.07) is 7.28. The third kappa shape index (κ3) is 3.91. The fourth-order valence-corrected chi connectivity index (χ4v) is 2.75. The maximum Gasteiger partial charge on any atom is 0.316 e. The predicted molar refractivity (Wildman–Crippen MR) is 95.4 cm³/mol. The van der Waals surface area contributed by atoms with Crippen LogP contribution in [0.1, 0.15) is 33.5 Å². The van der Waals surface area contributed by atoms with E-state index in [0.717, 1.165) is 21.4 Å². The Morgan fingerprint density at radius 2 is 2.12 bits per heavy atom. The van der Waals surface area contributed by atoms with Gasteiger partial charge in [-0.05, 0) is 41.4 Å². The first kappa shape index (κ1) is 17.6. The molecule has 0 atom stereocenters. The molecule has 0 fully saturated rings. The number of carbonyl (C=O) groups is 1. The van der Waals surface area contributed by atoms with E-state index in [2.05, 4.69) is 36.5 Å². The molecule has 0 unspecified atom stereocenters. The Balaban J connectivity index is 1.65. The zero-order valence-corrected chi connectivity index (χ0v) is 15.9. The third-order valence-electron chi connectivity index (χ3n) is 3.64. The van der Waals surface area contributed by atoms with Gasteiger partial charge < -0.3 is 9.84 Å². The summed E-state index contributed by atoms with van der Waals surface area (Å²) in [6.07, 6.45) is 0. The summed E-state index contributed by atoms with van der Waals surface area (Å²) in [6.45, 7) is 4.43. The smallest absolute Gasteiger partial charge is 0.316 e. The molecule has 3 aromatic rings. The number of aryl methyl sites for hydroxylation is 1. The van der Waals surface area contributed by atoms with E-state index in [1.807, 2.05) is 32.0 Å². The van der Waals surface area contributed by atoms with Crippen molar-refractivity contribution in [3.05, 3.63) is 62.4 Å². The van der Waals surface area contributed by atoms with Gasteiger partial charge in [-0.3, -0.25) is 9.48 Å². The first-order valence-corrected chi connectivity index (χ1v) is 8.66. The van der Waals surface area contributed by atoms with Gasteiger partial charge in [-0.1, -0.05) is 35.0 Å². The molecule has 0 bridgehead atoms. The van der Waals surface area contributed by atoms with E-state index in [1.165, 1.54) is 0 Å². The van der Waals surface area contributed by atoms with Gasteiger partial charge in [0.05, 0.1) is 15.9 Å². The minimum Gasteiger partial charge on any atom is -0.344 e. The van der Waals surface area contributed by atoms with E-state index in [0.29, 0.717) is 17.4 Å². The van der Waals surface area contributed by atoms with E-state index >= 15 is 0 Å². The van der Waals surface area contributed by atoms with E-state index in [-0.39, 0.29) is 12.4 Å². The molecule has 3 rings (SSSR count). The molecule has 25 heavy (non-hydrogen) atoms. The molecule has 0 radical (unpaired) electrons. The Morgan fingerprint density at radius 3 is 2.80 bits per heavy atom. The topological polar surface area (TPSA) is 85.8 Å². The highest BCUT2D eigenvalue weighted by molar-refractivity contribution is 9.10. The summed E-state index contributed by atoms with van der Waals surface area (Å²) in [5.41, 5.74) is 2.63. The summed E-state index contributed by atoms with van der Waals surface area (Å²) in [5, 5.41) is 11.5. The molecule has 1 aromatic carbocycles. The first-order valence-electron chi connectivity index (χ1n) is 7.49. The summed E-state index contributed by atoms with van der Waals surface area (Å²) in [7, 11) is 0. The molecule has 2 heterocycles.